The third kappa shape index (κ3) is 1.35. The summed E-state index contributed by atoms with van der Waals surface area (Å²) < 4.78 is 3.50. The van der Waals surface area contributed by atoms with E-state index in [1.165, 1.54) is 25.1 Å². The Bertz CT molecular complexity index is 632. The molecule has 2 bridgehead atoms. The Morgan fingerprint density at radius 1 is 1.28 bits per heavy atom. The van der Waals surface area contributed by atoms with Crippen LogP contribution in [0, 0.1) is 6.92 Å². The predicted molar refractivity (Wildman–Crippen MR) is 73.5 cm³/mol. The smallest absolute Gasteiger partial charge is 0.122 e. The number of hydrogen-bond acceptors (Lipinski definition) is 2. The van der Waals surface area contributed by atoms with Crippen molar-refractivity contribution < 1.29 is 0 Å². The second-order valence-electron chi connectivity index (χ2n) is 5.31. The molecule has 4 heteroatoms. The van der Waals surface area contributed by atoms with E-state index in [0.29, 0.717) is 12.0 Å². The highest BCUT2D eigenvalue weighted by Gasteiger charge is 2.40. The van der Waals surface area contributed by atoms with E-state index in [2.05, 4.69) is 25.5 Å². The second kappa shape index (κ2) is 3.67. The summed E-state index contributed by atoms with van der Waals surface area (Å²) in [5.74, 6) is 1.93. The standard InChI is InChI=1S/C14H14BrN3/c1-8-3-2-4-11(16-8)12-13(15)18-10-6-5-9(7-10)14(18)17-12/h2-4,9-10H,5-7H2,1H3. The van der Waals surface area contributed by atoms with Gasteiger partial charge in [0.2, 0.25) is 0 Å². The molecule has 0 radical (unpaired) electrons. The van der Waals surface area contributed by atoms with E-state index in [-0.39, 0.29) is 0 Å². The lowest BCUT2D eigenvalue weighted by Gasteiger charge is -2.13. The van der Waals surface area contributed by atoms with Gasteiger partial charge in [0.25, 0.3) is 0 Å². The van der Waals surface area contributed by atoms with Crippen molar-refractivity contribution in [3.05, 3.63) is 34.3 Å². The van der Waals surface area contributed by atoms with Crippen molar-refractivity contribution in [1.82, 2.24) is 14.5 Å². The van der Waals surface area contributed by atoms with Gasteiger partial charge in [0, 0.05) is 17.7 Å². The van der Waals surface area contributed by atoms with Crippen molar-refractivity contribution in [2.75, 3.05) is 0 Å². The number of imidazole rings is 1. The van der Waals surface area contributed by atoms with Crippen molar-refractivity contribution in [1.29, 1.82) is 0 Å². The molecule has 3 nitrogen and oxygen atoms in total. The first-order valence-electron chi connectivity index (χ1n) is 6.45. The van der Waals surface area contributed by atoms with E-state index in [9.17, 15) is 0 Å². The molecule has 18 heavy (non-hydrogen) atoms. The molecule has 2 aromatic heterocycles. The molecule has 1 saturated carbocycles. The van der Waals surface area contributed by atoms with Gasteiger partial charge >= 0.3 is 0 Å². The number of rotatable bonds is 1. The summed E-state index contributed by atoms with van der Waals surface area (Å²) in [5, 5.41) is 0. The zero-order valence-corrected chi connectivity index (χ0v) is 11.8. The van der Waals surface area contributed by atoms with Gasteiger partial charge in [0.05, 0.1) is 5.69 Å². The fraction of sp³-hybridized carbons (Fsp3) is 0.429. The molecule has 0 spiro atoms. The van der Waals surface area contributed by atoms with E-state index in [4.69, 9.17) is 4.98 Å². The van der Waals surface area contributed by atoms with Gasteiger partial charge in [-0.3, -0.25) is 4.98 Å². The second-order valence-corrected chi connectivity index (χ2v) is 6.06. The third-order valence-corrected chi connectivity index (χ3v) is 4.90. The summed E-state index contributed by atoms with van der Waals surface area (Å²) in [6, 6.07) is 6.76. The first kappa shape index (κ1) is 10.7. The first-order valence-corrected chi connectivity index (χ1v) is 7.25. The molecule has 1 aliphatic carbocycles. The van der Waals surface area contributed by atoms with Gasteiger partial charge in [-0.2, -0.15) is 0 Å². The van der Waals surface area contributed by atoms with Crippen LogP contribution in [0.25, 0.3) is 11.4 Å². The first-order chi connectivity index (χ1) is 8.74. The molecule has 1 fully saturated rings. The van der Waals surface area contributed by atoms with Gasteiger partial charge in [-0.1, -0.05) is 6.07 Å². The molecule has 92 valence electrons. The third-order valence-electron chi connectivity index (χ3n) is 4.15. The number of nitrogens with zero attached hydrogens (tertiary/aromatic N) is 3. The molecule has 0 N–H and O–H groups in total. The molecule has 4 rings (SSSR count). The molecular formula is C14H14BrN3. The number of aryl methyl sites for hydroxylation is 1. The Morgan fingerprint density at radius 3 is 2.94 bits per heavy atom. The lowest BCUT2D eigenvalue weighted by molar-refractivity contribution is 0.518. The van der Waals surface area contributed by atoms with Crippen molar-refractivity contribution in [3.63, 3.8) is 0 Å². The number of pyridine rings is 1. The molecule has 0 amide bonds. The maximum atomic E-state index is 4.84. The highest BCUT2D eigenvalue weighted by Crippen LogP contribution is 2.51. The summed E-state index contributed by atoms with van der Waals surface area (Å²) in [6.45, 7) is 2.02. The van der Waals surface area contributed by atoms with Crippen LogP contribution in [0.2, 0.25) is 0 Å². The van der Waals surface area contributed by atoms with Gasteiger partial charge in [-0.05, 0) is 54.2 Å². The Kier molecular flexibility index (Phi) is 2.19. The van der Waals surface area contributed by atoms with Crippen LogP contribution in [0.1, 0.15) is 42.7 Å². The number of fused-ring (bicyclic) bond motifs is 5. The van der Waals surface area contributed by atoms with Crippen molar-refractivity contribution >= 4 is 15.9 Å². The lowest BCUT2D eigenvalue weighted by Crippen LogP contribution is -2.06. The predicted octanol–water partition coefficient (Wildman–Crippen LogP) is 3.84. The van der Waals surface area contributed by atoms with Crippen molar-refractivity contribution in [3.8, 4) is 11.4 Å². The van der Waals surface area contributed by atoms with Gasteiger partial charge in [-0.15, -0.1) is 0 Å². The highest BCUT2D eigenvalue weighted by molar-refractivity contribution is 9.10. The minimum absolute atomic E-state index is 0.658. The van der Waals surface area contributed by atoms with Crippen LogP contribution in [0.3, 0.4) is 0 Å². The molecule has 2 aromatic rings. The number of aromatic nitrogens is 3. The Labute approximate surface area is 114 Å². The SMILES string of the molecule is Cc1cccc(-c2nc3n(c2Br)C2CCC3C2)n1. The molecule has 1 aliphatic heterocycles. The van der Waals surface area contributed by atoms with E-state index in [1.54, 1.807) is 0 Å². The van der Waals surface area contributed by atoms with E-state index in [0.717, 1.165) is 21.7 Å². The number of halogens is 1. The molecule has 2 unspecified atom stereocenters. The minimum Gasteiger partial charge on any atom is -0.319 e. The van der Waals surface area contributed by atoms with Crippen molar-refractivity contribution in [2.24, 2.45) is 0 Å². The molecule has 0 saturated heterocycles. The average molecular weight is 304 g/mol. The minimum atomic E-state index is 0.658. The molecule has 2 aliphatic rings. The van der Waals surface area contributed by atoms with E-state index >= 15 is 0 Å². The van der Waals surface area contributed by atoms with Gasteiger partial charge < -0.3 is 4.57 Å². The maximum absolute atomic E-state index is 4.84. The fourth-order valence-electron chi connectivity index (χ4n) is 3.33. The quantitative estimate of drug-likeness (QED) is 0.801. The Hall–Kier alpha value is -1.16. The monoisotopic (exact) mass is 303 g/mol. The maximum Gasteiger partial charge on any atom is 0.122 e. The molecule has 0 aromatic carbocycles. The largest absolute Gasteiger partial charge is 0.319 e. The molecule has 3 heterocycles. The summed E-state index contributed by atoms with van der Waals surface area (Å²) in [7, 11) is 0. The molecular weight excluding hydrogens is 290 g/mol. The zero-order chi connectivity index (χ0) is 12.3. The zero-order valence-electron chi connectivity index (χ0n) is 10.2. The Balaban J connectivity index is 1.89. The Morgan fingerprint density at radius 2 is 2.17 bits per heavy atom. The van der Waals surface area contributed by atoms with Crippen LogP contribution >= 0.6 is 15.9 Å². The van der Waals surface area contributed by atoms with Crippen LogP contribution in [-0.4, -0.2) is 14.5 Å². The van der Waals surface area contributed by atoms with Crippen molar-refractivity contribution in [2.45, 2.75) is 38.1 Å². The topological polar surface area (TPSA) is 30.7 Å². The normalized spacial score (nSPS) is 24.6. The van der Waals surface area contributed by atoms with Crippen LogP contribution in [0.4, 0.5) is 0 Å². The van der Waals surface area contributed by atoms with Crippen LogP contribution in [0.15, 0.2) is 22.8 Å². The number of hydrogen-bond donors (Lipinski definition) is 0. The van der Waals surface area contributed by atoms with Gasteiger partial charge in [-0.25, -0.2) is 4.98 Å². The summed E-state index contributed by atoms with van der Waals surface area (Å²) in [6.07, 6.45) is 3.88. The van der Waals surface area contributed by atoms with Gasteiger partial charge in [0.1, 0.15) is 16.1 Å². The summed E-state index contributed by atoms with van der Waals surface area (Å²) in [5.41, 5.74) is 3.02. The lowest BCUT2D eigenvalue weighted by atomic mass is 10.1. The molecule has 2 atom stereocenters. The average Bonchev–Trinajstić information content (AvgIpc) is 3.02. The van der Waals surface area contributed by atoms with E-state index in [1.807, 2.05) is 25.1 Å². The van der Waals surface area contributed by atoms with E-state index < -0.39 is 0 Å². The summed E-state index contributed by atoms with van der Waals surface area (Å²) >= 11 is 3.73. The van der Waals surface area contributed by atoms with Crippen LogP contribution in [0.5, 0.6) is 0 Å². The van der Waals surface area contributed by atoms with Crippen LogP contribution in [-0.2, 0) is 0 Å². The summed E-state index contributed by atoms with van der Waals surface area (Å²) in [4.78, 5) is 9.42. The van der Waals surface area contributed by atoms with Gasteiger partial charge in [0.15, 0.2) is 0 Å². The van der Waals surface area contributed by atoms with Crippen LogP contribution < -0.4 is 0 Å². The fourth-order valence-corrected chi connectivity index (χ4v) is 4.09. The highest BCUT2D eigenvalue weighted by atomic mass is 79.9.